The predicted octanol–water partition coefficient (Wildman–Crippen LogP) is 0.571. The van der Waals surface area contributed by atoms with Crippen LogP contribution < -0.4 is 5.32 Å². The molecule has 10 nitrogen and oxygen atoms in total. The highest BCUT2D eigenvalue weighted by Crippen LogP contribution is 2.26. The Kier molecular flexibility index (Phi) is 5.58. The maximum Gasteiger partial charge on any atom is 0.229 e. The summed E-state index contributed by atoms with van der Waals surface area (Å²) in [7, 11) is 0. The number of piperidine rings is 1. The molecule has 4 rings (SSSR count). The third-order valence-electron chi connectivity index (χ3n) is 5.89. The van der Waals surface area contributed by atoms with Crippen LogP contribution in [-0.2, 0) is 9.59 Å². The van der Waals surface area contributed by atoms with Crippen molar-refractivity contribution >= 4 is 29.6 Å². The molecular formula is C21H23N7O3. The minimum Gasteiger partial charge on any atom is -0.506 e. The highest BCUT2D eigenvalue weighted by Gasteiger charge is 2.35. The number of aromatic hydroxyl groups is 1. The topological polar surface area (TPSA) is 138 Å². The van der Waals surface area contributed by atoms with Gasteiger partial charge in [-0.2, -0.15) is 10.4 Å². The molecule has 2 amide bonds. The van der Waals surface area contributed by atoms with E-state index >= 15 is 0 Å². The van der Waals surface area contributed by atoms with Crippen molar-refractivity contribution in [2.24, 2.45) is 5.92 Å². The van der Waals surface area contributed by atoms with Crippen molar-refractivity contribution in [1.29, 1.82) is 10.7 Å². The number of aromatic nitrogens is 2. The number of nitrogens with one attached hydrogen (secondary N) is 2. The Morgan fingerprint density at radius 1 is 1.35 bits per heavy atom. The lowest BCUT2D eigenvalue weighted by atomic mass is 9.97. The van der Waals surface area contributed by atoms with Crippen LogP contribution in [0.2, 0.25) is 0 Å². The Labute approximate surface area is 178 Å². The second kappa shape index (κ2) is 8.47. The predicted molar refractivity (Wildman–Crippen MR) is 112 cm³/mol. The molecule has 2 saturated heterocycles. The van der Waals surface area contributed by atoms with E-state index in [-0.39, 0.29) is 29.2 Å². The van der Waals surface area contributed by atoms with E-state index in [9.17, 15) is 14.7 Å². The van der Waals surface area contributed by atoms with Crippen LogP contribution in [0.4, 0.5) is 0 Å². The van der Waals surface area contributed by atoms with Crippen molar-refractivity contribution in [2.45, 2.75) is 18.9 Å². The molecule has 0 radical (unpaired) electrons. The number of carbonyl (C=O) groups is 2. The molecule has 4 heterocycles. The summed E-state index contributed by atoms with van der Waals surface area (Å²) in [6.45, 7) is 2.32. The van der Waals surface area contributed by atoms with Crippen LogP contribution in [0, 0.1) is 22.7 Å². The fourth-order valence-corrected chi connectivity index (χ4v) is 4.04. The van der Waals surface area contributed by atoms with Crippen molar-refractivity contribution in [3.63, 3.8) is 0 Å². The molecule has 2 aromatic rings. The third-order valence-corrected chi connectivity index (χ3v) is 5.89. The number of nitriles is 1. The Hall–Kier alpha value is -3.87. The number of likely N-dealkylation sites (tertiary alicyclic amines) is 2. The number of carbonyl (C=O) groups excluding carboxylic acids is 2. The number of nitrogens with zero attached hydrogens (tertiary/aromatic N) is 5. The molecule has 0 saturated carbocycles. The highest BCUT2D eigenvalue weighted by atomic mass is 16.3. The van der Waals surface area contributed by atoms with Crippen molar-refractivity contribution in [2.75, 3.05) is 26.2 Å². The zero-order valence-corrected chi connectivity index (χ0v) is 16.9. The maximum absolute atomic E-state index is 12.5. The van der Waals surface area contributed by atoms with E-state index in [2.05, 4.69) is 10.4 Å². The van der Waals surface area contributed by atoms with Gasteiger partial charge >= 0.3 is 0 Å². The number of allylic oxidation sites excluding steroid dienone is 1. The summed E-state index contributed by atoms with van der Waals surface area (Å²) < 4.78 is 1.43. The summed E-state index contributed by atoms with van der Waals surface area (Å²) in [4.78, 5) is 26.6. The van der Waals surface area contributed by atoms with Crippen molar-refractivity contribution in [3.8, 4) is 11.8 Å². The van der Waals surface area contributed by atoms with E-state index in [0.29, 0.717) is 42.8 Å². The second-order valence-corrected chi connectivity index (χ2v) is 7.84. The minimum atomic E-state index is -0.0782. The highest BCUT2D eigenvalue weighted by molar-refractivity contribution is 6.08. The molecular weight excluding hydrogens is 398 g/mol. The first-order valence-corrected chi connectivity index (χ1v) is 10.1. The van der Waals surface area contributed by atoms with Gasteiger partial charge in [-0.1, -0.05) is 0 Å². The number of hydrogen-bond donors (Lipinski definition) is 3. The lowest BCUT2D eigenvalue weighted by molar-refractivity contribution is -0.144. The fourth-order valence-electron chi connectivity index (χ4n) is 4.04. The first kappa shape index (κ1) is 20.4. The molecule has 0 aliphatic carbocycles. The second-order valence-electron chi connectivity index (χ2n) is 7.84. The van der Waals surface area contributed by atoms with Gasteiger partial charge in [0, 0.05) is 62.0 Å². The van der Waals surface area contributed by atoms with Gasteiger partial charge < -0.3 is 25.6 Å². The standard InChI is InChI=1S/C21H23N7O3/c22-6-15(14-5-19(30)20-16(7-23)9-25-28(20)12-14)8-24-18-1-3-27(4-2-18)21(31)17-10-26(11-17)13-29/h5-6,8-9,12-13,17-18,22,24,30H,1-4,10-11H2/b15-8+,22-6?. The van der Waals surface area contributed by atoms with Gasteiger partial charge in [-0.25, -0.2) is 4.52 Å². The molecule has 0 atom stereocenters. The molecule has 0 aromatic carbocycles. The fraction of sp³-hybridized carbons (Fsp3) is 0.381. The monoisotopic (exact) mass is 421 g/mol. The van der Waals surface area contributed by atoms with E-state index < -0.39 is 0 Å². The molecule has 3 N–H and O–H groups in total. The summed E-state index contributed by atoms with van der Waals surface area (Å²) in [6.07, 6.45) is 8.32. The first-order valence-electron chi connectivity index (χ1n) is 10.1. The zero-order chi connectivity index (χ0) is 22.0. The Morgan fingerprint density at radius 3 is 2.74 bits per heavy atom. The Balaban J connectivity index is 1.38. The van der Waals surface area contributed by atoms with Crippen molar-refractivity contribution < 1.29 is 14.7 Å². The molecule has 0 unspecified atom stereocenters. The van der Waals surface area contributed by atoms with E-state index in [1.54, 1.807) is 17.3 Å². The quantitative estimate of drug-likeness (QED) is 0.461. The van der Waals surface area contributed by atoms with E-state index in [0.717, 1.165) is 19.3 Å². The van der Waals surface area contributed by atoms with Gasteiger partial charge in [-0.3, -0.25) is 9.59 Å². The summed E-state index contributed by atoms with van der Waals surface area (Å²) in [5, 5.41) is 34.6. The SMILES string of the molecule is N#Cc1cnn2cc(/C(C=N)=C/NC3CCN(C(=O)C4CN(C=O)C4)CC3)cc(O)c12. The van der Waals surface area contributed by atoms with E-state index in [1.807, 2.05) is 11.0 Å². The van der Waals surface area contributed by atoms with Gasteiger partial charge in [0.25, 0.3) is 0 Å². The number of amides is 2. The molecule has 0 bridgehead atoms. The summed E-state index contributed by atoms with van der Waals surface area (Å²) >= 11 is 0. The number of hydrogen-bond acceptors (Lipinski definition) is 7. The van der Waals surface area contributed by atoms with Gasteiger partial charge in [0.1, 0.15) is 22.9 Å². The largest absolute Gasteiger partial charge is 0.506 e. The zero-order valence-electron chi connectivity index (χ0n) is 16.9. The van der Waals surface area contributed by atoms with Crippen LogP contribution in [0.1, 0.15) is 24.0 Å². The van der Waals surface area contributed by atoms with Gasteiger partial charge in [-0.15, -0.1) is 0 Å². The third kappa shape index (κ3) is 3.94. The summed E-state index contributed by atoms with van der Waals surface area (Å²) in [5.41, 5.74) is 1.78. The first-order chi connectivity index (χ1) is 15.0. The van der Waals surface area contributed by atoms with Crippen LogP contribution in [-0.4, -0.2) is 75.3 Å². The van der Waals surface area contributed by atoms with Crippen LogP contribution in [0.25, 0.3) is 11.1 Å². The van der Waals surface area contributed by atoms with Crippen molar-refractivity contribution in [3.05, 3.63) is 35.8 Å². The number of rotatable bonds is 6. The maximum atomic E-state index is 12.5. The summed E-state index contributed by atoms with van der Waals surface area (Å²) in [5.74, 6) is -0.0344. The van der Waals surface area contributed by atoms with E-state index in [4.69, 9.17) is 10.7 Å². The molecule has 2 aliphatic rings. The van der Waals surface area contributed by atoms with Gasteiger partial charge in [0.15, 0.2) is 0 Å². The molecule has 31 heavy (non-hydrogen) atoms. The number of fused-ring (bicyclic) bond motifs is 1. The molecule has 10 heteroatoms. The lowest BCUT2D eigenvalue weighted by Crippen LogP contribution is -2.55. The average molecular weight is 421 g/mol. The Bertz CT molecular complexity index is 1090. The minimum absolute atomic E-state index is 0.0738. The van der Waals surface area contributed by atoms with E-state index in [1.165, 1.54) is 23.0 Å². The normalized spacial score (nSPS) is 17.8. The Morgan fingerprint density at radius 2 is 2.10 bits per heavy atom. The molecule has 160 valence electrons. The van der Waals surface area contributed by atoms with Gasteiger partial charge in [0.05, 0.1) is 12.1 Å². The molecule has 2 aliphatic heterocycles. The molecule has 0 spiro atoms. The van der Waals surface area contributed by atoms with Gasteiger partial charge in [0.2, 0.25) is 12.3 Å². The van der Waals surface area contributed by atoms with Crippen molar-refractivity contribution in [1.82, 2.24) is 24.7 Å². The van der Waals surface area contributed by atoms with Crippen LogP contribution in [0.15, 0.2) is 24.7 Å². The van der Waals surface area contributed by atoms with Crippen LogP contribution in [0.3, 0.4) is 0 Å². The smallest absolute Gasteiger partial charge is 0.229 e. The van der Waals surface area contributed by atoms with Crippen LogP contribution >= 0.6 is 0 Å². The molecule has 2 aromatic heterocycles. The lowest BCUT2D eigenvalue weighted by Gasteiger charge is -2.40. The van der Waals surface area contributed by atoms with Gasteiger partial charge in [-0.05, 0) is 18.9 Å². The van der Waals surface area contributed by atoms with Crippen LogP contribution in [0.5, 0.6) is 5.75 Å². The summed E-state index contributed by atoms with van der Waals surface area (Å²) in [6, 6.07) is 3.67. The number of pyridine rings is 1. The molecule has 2 fully saturated rings. The average Bonchev–Trinajstić information content (AvgIpc) is 3.17.